The van der Waals surface area contributed by atoms with Gasteiger partial charge >= 0.3 is 0 Å². The van der Waals surface area contributed by atoms with Crippen molar-refractivity contribution in [3.63, 3.8) is 0 Å². The monoisotopic (exact) mass is 192 g/mol. The predicted octanol–water partition coefficient (Wildman–Crippen LogP) is 0.335. The van der Waals surface area contributed by atoms with Gasteiger partial charge in [0.25, 0.3) is 5.88 Å². The first kappa shape index (κ1) is 8.61. The van der Waals surface area contributed by atoms with Gasteiger partial charge in [0.15, 0.2) is 5.78 Å². The third-order valence-corrected chi connectivity index (χ3v) is 1.86. The van der Waals surface area contributed by atoms with E-state index in [1.54, 1.807) is 4.40 Å². The Balaban J connectivity index is 2.78. The first-order chi connectivity index (χ1) is 6.74. The van der Waals surface area contributed by atoms with Crippen molar-refractivity contribution in [3.8, 4) is 5.88 Å². The number of ether oxygens (including phenoxy) is 1. The number of aromatic nitrogens is 4. The molecule has 0 fully saturated rings. The van der Waals surface area contributed by atoms with Gasteiger partial charge in [-0.25, -0.2) is 4.98 Å². The van der Waals surface area contributed by atoms with E-state index in [0.29, 0.717) is 17.2 Å². The second-order valence-electron chi connectivity index (χ2n) is 2.73. The van der Waals surface area contributed by atoms with Crippen LogP contribution in [0.5, 0.6) is 5.88 Å². The fraction of sp³-hybridized carbons (Fsp3) is 0.250. The average molecular weight is 192 g/mol. The standard InChI is InChI=1S/C8H8N4O2/c1-5(13)6-3-9-8(14-2)7-11-10-4-12(6)7/h3-4H,1-2H3. The molecule has 14 heavy (non-hydrogen) atoms. The van der Waals surface area contributed by atoms with Crippen molar-refractivity contribution < 1.29 is 9.53 Å². The van der Waals surface area contributed by atoms with Crippen molar-refractivity contribution in [3.05, 3.63) is 18.2 Å². The van der Waals surface area contributed by atoms with Crippen molar-refractivity contribution in [1.82, 2.24) is 19.6 Å². The molecular formula is C8H8N4O2. The number of hydrogen-bond acceptors (Lipinski definition) is 5. The summed E-state index contributed by atoms with van der Waals surface area (Å²) in [7, 11) is 1.49. The van der Waals surface area contributed by atoms with E-state index in [4.69, 9.17) is 4.74 Å². The number of rotatable bonds is 2. The van der Waals surface area contributed by atoms with Gasteiger partial charge in [0.2, 0.25) is 5.65 Å². The van der Waals surface area contributed by atoms with Crippen LogP contribution in [0.4, 0.5) is 0 Å². The number of fused-ring (bicyclic) bond motifs is 1. The van der Waals surface area contributed by atoms with Crippen LogP contribution >= 0.6 is 0 Å². The summed E-state index contributed by atoms with van der Waals surface area (Å²) in [5.41, 5.74) is 0.881. The number of carbonyl (C=O) groups is 1. The van der Waals surface area contributed by atoms with Gasteiger partial charge in [-0.15, -0.1) is 10.2 Å². The van der Waals surface area contributed by atoms with E-state index in [1.165, 1.54) is 26.6 Å². The number of Topliss-reactive ketones (excluding diaryl/α,β-unsaturated/α-hetero) is 1. The van der Waals surface area contributed by atoms with E-state index in [9.17, 15) is 4.79 Å². The third-order valence-electron chi connectivity index (χ3n) is 1.86. The van der Waals surface area contributed by atoms with Crippen LogP contribution < -0.4 is 4.74 Å². The SMILES string of the molecule is COc1ncc(C(C)=O)n2cnnc12. The quantitative estimate of drug-likeness (QED) is 0.641. The molecule has 6 nitrogen and oxygen atoms in total. The molecule has 0 aliphatic heterocycles. The van der Waals surface area contributed by atoms with Gasteiger partial charge in [0.1, 0.15) is 12.0 Å². The van der Waals surface area contributed by atoms with Gasteiger partial charge in [-0.05, 0) is 0 Å². The topological polar surface area (TPSA) is 69.4 Å². The highest BCUT2D eigenvalue weighted by molar-refractivity contribution is 5.92. The van der Waals surface area contributed by atoms with Gasteiger partial charge in [-0.2, -0.15) is 0 Å². The van der Waals surface area contributed by atoms with Gasteiger partial charge in [-0.3, -0.25) is 9.20 Å². The molecule has 0 bridgehead atoms. The van der Waals surface area contributed by atoms with Crippen LogP contribution in [0, 0.1) is 0 Å². The second kappa shape index (κ2) is 3.06. The maximum atomic E-state index is 11.2. The minimum atomic E-state index is -0.0926. The third kappa shape index (κ3) is 1.12. The molecule has 6 heteroatoms. The molecule has 0 aromatic carbocycles. The molecule has 0 radical (unpaired) electrons. The molecule has 2 aromatic heterocycles. The fourth-order valence-electron chi connectivity index (χ4n) is 1.20. The summed E-state index contributed by atoms with van der Waals surface area (Å²) >= 11 is 0. The normalized spacial score (nSPS) is 10.4. The summed E-state index contributed by atoms with van der Waals surface area (Å²) < 4.78 is 6.52. The molecule has 0 spiro atoms. The summed E-state index contributed by atoms with van der Waals surface area (Å²) in [4.78, 5) is 15.2. The molecule has 0 amide bonds. The molecule has 2 rings (SSSR count). The number of carbonyl (C=O) groups excluding carboxylic acids is 1. The molecule has 0 aliphatic carbocycles. The molecule has 0 aliphatic rings. The minimum Gasteiger partial charge on any atom is -0.478 e. The zero-order valence-corrected chi connectivity index (χ0v) is 7.76. The summed E-state index contributed by atoms with van der Waals surface area (Å²) in [5.74, 6) is 0.262. The molecule has 0 saturated heterocycles. The maximum absolute atomic E-state index is 11.2. The van der Waals surface area contributed by atoms with E-state index >= 15 is 0 Å². The summed E-state index contributed by atoms with van der Waals surface area (Å²) in [5, 5.41) is 7.50. The smallest absolute Gasteiger partial charge is 0.260 e. The molecule has 0 atom stereocenters. The summed E-state index contributed by atoms with van der Waals surface area (Å²) in [6.07, 6.45) is 2.90. The average Bonchev–Trinajstić information content (AvgIpc) is 2.64. The summed E-state index contributed by atoms with van der Waals surface area (Å²) in [6, 6.07) is 0. The molecule has 72 valence electrons. The fourth-order valence-corrected chi connectivity index (χ4v) is 1.20. The van der Waals surface area contributed by atoms with Gasteiger partial charge < -0.3 is 4.74 Å². The zero-order valence-electron chi connectivity index (χ0n) is 7.76. The minimum absolute atomic E-state index is 0.0926. The first-order valence-corrected chi connectivity index (χ1v) is 3.97. The van der Waals surface area contributed by atoms with Crippen LogP contribution in [0.3, 0.4) is 0 Å². The second-order valence-corrected chi connectivity index (χ2v) is 2.73. The predicted molar refractivity (Wildman–Crippen MR) is 47.3 cm³/mol. The van der Waals surface area contributed by atoms with E-state index in [-0.39, 0.29) is 5.78 Å². The lowest BCUT2D eigenvalue weighted by Crippen LogP contribution is -2.04. The molecule has 0 saturated carbocycles. The Morgan fingerprint density at radius 2 is 2.36 bits per heavy atom. The number of ketones is 1. The molecule has 2 heterocycles. The Hall–Kier alpha value is -1.98. The Morgan fingerprint density at radius 3 is 3.00 bits per heavy atom. The van der Waals surface area contributed by atoms with Crippen molar-refractivity contribution in [2.75, 3.05) is 7.11 Å². The van der Waals surface area contributed by atoms with Gasteiger partial charge in [0.05, 0.1) is 13.3 Å². The van der Waals surface area contributed by atoms with E-state index in [1.807, 2.05) is 0 Å². The Labute approximate surface area is 79.5 Å². The lowest BCUT2D eigenvalue weighted by Gasteiger charge is -2.02. The summed E-state index contributed by atoms with van der Waals surface area (Å²) in [6.45, 7) is 1.46. The van der Waals surface area contributed by atoms with Crippen LogP contribution in [0.1, 0.15) is 17.4 Å². The molecular weight excluding hydrogens is 184 g/mol. The molecule has 2 aromatic rings. The lowest BCUT2D eigenvalue weighted by atomic mass is 10.3. The lowest BCUT2D eigenvalue weighted by molar-refractivity contribution is 0.101. The molecule has 0 N–H and O–H groups in total. The van der Waals surface area contributed by atoms with Crippen LogP contribution in [0.25, 0.3) is 5.65 Å². The highest BCUT2D eigenvalue weighted by Gasteiger charge is 2.11. The van der Waals surface area contributed by atoms with E-state index in [2.05, 4.69) is 15.2 Å². The van der Waals surface area contributed by atoms with Gasteiger partial charge in [0, 0.05) is 6.92 Å². The van der Waals surface area contributed by atoms with Crippen LogP contribution in [-0.4, -0.2) is 32.5 Å². The van der Waals surface area contributed by atoms with Crippen LogP contribution in [0.2, 0.25) is 0 Å². The molecule has 0 unspecified atom stereocenters. The van der Waals surface area contributed by atoms with Crippen molar-refractivity contribution in [2.24, 2.45) is 0 Å². The highest BCUT2D eigenvalue weighted by Crippen LogP contribution is 2.14. The van der Waals surface area contributed by atoms with Gasteiger partial charge in [-0.1, -0.05) is 0 Å². The van der Waals surface area contributed by atoms with Crippen molar-refractivity contribution >= 4 is 11.4 Å². The Bertz CT molecular complexity index is 491. The largest absolute Gasteiger partial charge is 0.478 e. The number of nitrogens with zero attached hydrogens (tertiary/aromatic N) is 4. The highest BCUT2D eigenvalue weighted by atomic mass is 16.5. The van der Waals surface area contributed by atoms with Crippen LogP contribution in [0.15, 0.2) is 12.5 Å². The first-order valence-electron chi connectivity index (χ1n) is 3.97. The zero-order chi connectivity index (χ0) is 10.1. The van der Waals surface area contributed by atoms with E-state index in [0.717, 1.165) is 0 Å². The number of hydrogen-bond donors (Lipinski definition) is 0. The maximum Gasteiger partial charge on any atom is 0.260 e. The number of methoxy groups -OCH3 is 1. The Kier molecular flexibility index (Phi) is 1.88. The van der Waals surface area contributed by atoms with E-state index < -0.39 is 0 Å². The van der Waals surface area contributed by atoms with Crippen molar-refractivity contribution in [2.45, 2.75) is 6.92 Å². The van der Waals surface area contributed by atoms with Crippen LogP contribution in [-0.2, 0) is 0 Å². The Morgan fingerprint density at radius 1 is 1.57 bits per heavy atom. The van der Waals surface area contributed by atoms with Crippen molar-refractivity contribution in [1.29, 1.82) is 0 Å².